The van der Waals surface area contributed by atoms with Crippen molar-refractivity contribution in [3.05, 3.63) is 59.7 Å². The molecule has 16 unspecified atom stereocenters. The Morgan fingerprint density at radius 2 is 0.775 bits per heavy atom. The maximum absolute atomic E-state index is 10.3. The molecule has 208 valence electrons. The predicted molar refractivity (Wildman–Crippen MR) is 154 cm³/mol. The number of benzene rings is 2. The lowest BCUT2D eigenvalue weighted by molar-refractivity contribution is 0.0131. The van der Waals surface area contributed by atoms with E-state index in [0.29, 0.717) is 17.4 Å². The minimum Gasteiger partial charge on any atom is -0.508 e. The van der Waals surface area contributed by atoms with Crippen LogP contribution in [0, 0.1) is 101 Å². The standard InChI is InChI=1S/C38H44O2/c39-23-9-5-17(6-10-23)29(18-7-11-24(40)12-8-18)38-36-27-15-25(30-19-1-3-21(13-19)32(27)30)34(36)35-26-16-28(37(35)38)33-22-4-2-20(14-22)31(26)33/h5-12,19-22,25-40H,1-4,13-16H2. The molecule has 9 aliphatic rings. The largest absolute Gasteiger partial charge is 0.508 e. The molecule has 9 aliphatic carbocycles. The van der Waals surface area contributed by atoms with Gasteiger partial charge in [0.1, 0.15) is 11.5 Å². The molecule has 0 radical (unpaired) electrons. The van der Waals surface area contributed by atoms with E-state index in [1.54, 1.807) is 38.5 Å². The Balaban J connectivity index is 1.10. The van der Waals surface area contributed by atoms with E-state index < -0.39 is 0 Å². The zero-order valence-electron chi connectivity index (χ0n) is 23.6. The first kappa shape index (κ1) is 22.6. The van der Waals surface area contributed by atoms with Crippen LogP contribution in [0.1, 0.15) is 68.4 Å². The molecule has 2 N–H and O–H groups in total. The van der Waals surface area contributed by atoms with E-state index in [1.807, 2.05) is 24.3 Å². The summed E-state index contributed by atoms with van der Waals surface area (Å²) in [7, 11) is 0. The van der Waals surface area contributed by atoms with Gasteiger partial charge in [-0.05, 0) is 187 Å². The third kappa shape index (κ3) is 2.54. The molecule has 9 saturated carbocycles. The van der Waals surface area contributed by atoms with Gasteiger partial charge in [-0.3, -0.25) is 0 Å². The van der Waals surface area contributed by atoms with E-state index in [2.05, 4.69) is 24.3 Å². The molecule has 2 aromatic rings. The first-order valence-electron chi connectivity index (χ1n) is 17.2. The Kier molecular flexibility index (Phi) is 4.25. The van der Waals surface area contributed by atoms with Crippen LogP contribution in [0.15, 0.2) is 48.5 Å². The summed E-state index contributed by atoms with van der Waals surface area (Å²) in [6.45, 7) is 0. The van der Waals surface area contributed by atoms with E-state index >= 15 is 0 Å². The van der Waals surface area contributed by atoms with Crippen LogP contribution in [0.4, 0.5) is 0 Å². The van der Waals surface area contributed by atoms with Gasteiger partial charge in [0.05, 0.1) is 0 Å². The molecule has 8 bridgehead atoms. The molecule has 16 atom stereocenters. The summed E-state index contributed by atoms with van der Waals surface area (Å²) in [6, 6.07) is 16.7. The highest BCUT2D eigenvalue weighted by atomic mass is 16.3. The van der Waals surface area contributed by atoms with Crippen molar-refractivity contribution in [1.29, 1.82) is 0 Å². The quantitative estimate of drug-likeness (QED) is 0.394. The van der Waals surface area contributed by atoms with Crippen molar-refractivity contribution in [1.82, 2.24) is 0 Å². The van der Waals surface area contributed by atoms with Crippen LogP contribution in [0.3, 0.4) is 0 Å². The Bertz CT molecular complexity index is 1260. The van der Waals surface area contributed by atoms with Gasteiger partial charge in [0.2, 0.25) is 0 Å². The average molecular weight is 533 g/mol. The van der Waals surface area contributed by atoms with Gasteiger partial charge in [0.15, 0.2) is 0 Å². The minimum atomic E-state index is 0.380. The molecule has 9 fully saturated rings. The first-order valence-corrected chi connectivity index (χ1v) is 17.2. The number of phenols is 2. The lowest BCUT2D eigenvalue weighted by Crippen LogP contribution is -2.42. The summed E-state index contributed by atoms with van der Waals surface area (Å²) >= 11 is 0. The Morgan fingerprint density at radius 3 is 1.15 bits per heavy atom. The molecule has 2 heteroatoms. The maximum atomic E-state index is 10.3. The fourth-order valence-electron chi connectivity index (χ4n) is 16.2. The van der Waals surface area contributed by atoms with Crippen molar-refractivity contribution >= 4 is 0 Å². The first-order chi connectivity index (χ1) is 19.7. The van der Waals surface area contributed by atoms with Crippen LogP contribution in [0.5, 0.6) is 11.5 Å². The molecular weight excluding hydrogens is 488 g/mol. The third-order valence-electron chi connectivity index (χ3n) is 16.2. The van der Waals surface area contributed by atoms with Gasteiger partial charge < -0.3 is 10.2 Å². The highest BCUT2D eigenvalue weighted by molar-refractivity contribution is 5.41. The van der Waals surface area contributed by atoms with E-state index in [0.717, 1.165) is 101 Å². The molecular formula is C38H44O2. The topological polar surface area (TPSA) is 40.5 Å². The molecule has 0 amide bonds. The van der Waals surface area contributed by atoms with E-state index in [9.17, 15) is 10.2 Å². The molecule has 0 heterocycles. The minimum absolute atomic E-state index is 0.380. The lowest BCUT2D eigenvalue weighted by atomic mass is 9.59. The number of phenolic OH excluding ortho intramolecular Hbond substituents is 2. The summed E-state index contributed by atoms with van der Waals surface area (Å²) in [5.41, 5.74) is 2.82. The summed E-state index contributed by atoms with van der Waals surface area (Å²) < 4.78 is 0. The second-order valence-corrected chi connectivity index (χ2v) is 16.7. The van der Waals surface area contributed by atoms with E-state index in [4.69, 9.17) is 0 Å². The molecule has 40 heavy (non-hydrogen) atoms. The zero-order valence-corrected chi connectivity index (χ0v) is 23.6. The molecule has 0 aromatic heterocycles. The fraction of sp³-hybridized carbons (Fsp3) is 0.684. The van der Waals surface area contributed by atoms with Crippen molar-refractivity contribution in [3.8, 4) is 11.5 Å². The Labute approximate surface area is 239 Å². The fourth-order valence-corrected chi connectivity index (χ4v) is 16.2. The number of aromatic hydroxyl groups is 2. The third-order valence-corrected chi connectivity index (χ3v) is 16.2. The summed E-state index contributed by atoms with van der Waals surface area (Å²) in [5, 5.41) is 20.6. The average Bonchev–Trinajstić information content (AvgIpc) is 3.82. The normalized spacial score (nSPS) is 54.9. The van der Waals surface area contributed by atoms with Crippen LogP contribution in [-0.2, 0) is 0 Å². The summed E-state index contributed by atoms with van der Waals surface area (Å²) in [5.74, 6) is 18.1. The van der Waals surface area contributed by atoms with Crippen molar-refractivity contribution in [2.45, 2.75) is 57.3 Å². The molecule has 2 aromatic carbocycles. The summed E-state index contributed by atoms with van der Waals surface area (Å²) in [4.78, 5) is 0. The van der Waals surface area contributed by atoms with Crippen LogP contribution < -0.4 is 0 Å². The number of rotatable bonds is 3. The molecule has 0 spiro atoms. The zero-order chi connectivity index (χ0) is 26.0. The van der Waals surface area contributed by atoms with E-state index in [-0.39, 0.29) is 0 Å². The Hall–Kier alpha value is -1.96. The van der Waals surface area contributed by atoms with Crippen molar-refractivity contribution < 1.29 is 10.2 Å². The van der Waals surface area contributed by atoms with Gasteiger partial charge in [0, 0.05) is 5.92 Å². The Morgan fingerprint density at radius 1 is 0.425 bits per heavy atom. The number of hydrogen-bond acceptors (Lipinski definition) is 2. The van der Waals surface area contributed by atoms with Gasteiger partial charge in [0.25, 0.3) is 0 Å². The van der Waals surface area contributed by atoms with E-state index in [1.165, 1.54) is 24.0 Å². The number of hydrogen-bond donors (Lipinski definition) is 2. The highest BCUT2D eigenvalue weighted by Gasteiger charge is 2.78. The molecule has 0 aliphatic heterocycles. The van der Waals surface area contributed by atoms with Gasteiger partial charge in [-0.2, -0.15) is 0 Å². The van der Waals surface area contributed by atoms with Crippen molar-refractivity contribution in [2.75, 3.05) is 0 Å². The van der Waals surface area contributed by atoms with Gasteiger partial charge >= 0.3 is 0 Å². The molecule has 11 rings (SSSR count). The van der Waals surface area contributed by atoms with Gasteiger partial charge in [-0.25, -0.2) is 0 Å². The molecule has 0 saturated heterocycles. The van der Waals surface area contributed by atoms with Crippen molar-refractivity contribution in [2.24, 2.45) is 101 Å². The van der Waals surface area contributed by atoms with Crippen LogP contribution in [0.2, 0.25) is 0 Å². The van der Waals surface area contributed by atoms with Crippen LogP contribution in [-0.4, -0.2) is 10.2 Å². The lowest BCUT2D eigenvalue weighted by Gasteiger charge is -2.46. The van der Waals surface area contributed by atoms with Gasteiger partial charge in [-0.15, -0.1) is 0 Å². The monoisotopic (exact) mass is 532 g/mol. The second-order valence-electron chi connectivity index (χ2n) is 16.7. The summed E-state index contributed by atoms with van der Waals surface area (Å²) in [6.07, 6.45) is 12.4. The van der Waals surface area contributed by atoms with Crippen molar-refractivity contribution in [3.63, 3.8) is 0 Å². The second kappa shape index (κ2) is 7.51. The maximum Gasteiger partial charge on any atom is 0.115 e. The van der Waals surface area contributed by atoms with Crippen LogP contribution in [0.25, 0.3) is 0 Å². The molecule has 2 nitrogen and oxygen atoms in total. The number of fused-ring (bicyclic) bond motifs is 25. The smallest absolute Gasteiger partial charge is 0.115 e. The SMILES string of the molecule is Oc1ccc(C(c2ccc(O)cc2)C2C3C4CC(C5C6CCC(C6)C45)C3C3C4CC(C5C6CCC(C6)C45)C23)cc1. The highest BCUT2D eigenvalue weighted by Crippen LogP contribution is 2.83. The van der Waals surface area contributed by atoms with Crippen LogP contribution >= 0.6 is 0 Å². The van der Waals surface area contributed by atoms with Gasteiger partial charge in [-0.1, -0.05) is 24.3 Å². The predicted octanol–water partition coefficient (Wildman–Crippen LogP) is 7.95.